The van der Waals surface area contributed by atoms with Crippen LogP contribution in [-0.2, 0) is 4.74 Å². The van der Waals surface area contributed by atoms with Crippen LogP contribution in [0.3, 0.4) is 0 Å². The van der Waals surface area contributed by atoms with Gasteiger partial charge in [-0.25, -0.2) is 0 Å². The van der Waals surface area contributed by atoms with Crippen molar-refractivity contribution in [1.29, 1.82) is 0 Å². The second-order valence-electron chi connectivity index (χ2n) is 8.17. The summed E-state index contributed by atoms with van der Waals surface area (Å²) in [5, 5.41) is -0.120. The highest BCUT2D eigenvalue weighted by molar-refractivity contribution is 6.14. The minimum atomic E-state index is -0.120. The van der Waals surface area contributed by atoms with Crippen LogP contribution in [0.25, 0.3) is 0 Å². The van der Waals surface area contributed by atoms with E-state index in [1.165, 1.54) is 32.1 Å². The third kappa shape index (κ3) is 4.95. The highest BCUT2D eigenvalue weighted by Crippen LogP contribution is 2.56. The predicted octanol–water partition coefficient (Wildman–Crippen LogP) is 4.92. The Balaban J connectivity index is 1.75. The molecule has 2 rings (SSSR count). The Morgan fingerprint density at radius 1 is 1.05 bits per heavy atom. The van der Waals surface area contributed by atoms with Crippen molar-refractivity contribution in [1.82, 2.24) is 0 Å². The predicted molar refractivity (Wildman–Crippen MR) is 87.1 cm³/mol. The lowest BCUT2D eigenvalue weighted by Gasteiger charge is -2.28. The Morgan fingerprint density at radius 2 is 1.60 bits per heavy atom. The molecule has 0 aromatic rings. The quantitative estimate of drug-likeness (QED) is 0.493. The first kappa shape index (κ1) is 16.1. The van der Waals surface area contributed by atoms with Crippen molar-refractivity contribution in [2.24, 2.45) is 17.8 Å². The zero-order valence-electron chi connectivity index (χ0n) is 13.8. The Labute approximate surface area is 127 Å². The molecule has 2 heteroatoms. The van der Waals surface area contributed by atoms with Gasteiger partial charge in [0, 0.05) is 6.61 Å². The van der Waals surface area contributed by atoms with Gasteiger partial charge in [-0.05, 0) is 70.1 Å². The van der Waals surface area contributed by atoms with Crippen LogP contribution in [0, 0.1) is 17.8 Å². The standard InChI is InChI=1S/C18H31BO/c1-17(2,19)11-12-20-18(3,4)13-16-14-9-7-5-6-8-10-15(14)16/h5-6,14-16H,7-13H2,1-4H3/b6-5+/t14-,15+,16?. The number of hydrogen-bond donors (Lipinski definition) is 0. The molecule has 0 amide bonds. The fraction of sp³-hybridized carbons (Fsp3) is 0.889. The van der Waals surface area contributed by atoms with Gasteiger partial charge in [0.25, 0.3) is 0 Å². The number of rotatable bonds is 6. The molecule has 0 bridgehead atoms. The third-order valence-electron chi connectivity index (χ3n) is 4.98. The van der Waals surface area contributed by atoms with Crippen molar-refractivity contribution >= 4 is 7.85 Å². The molecule has 2 radical (unpaired) electrons. The molecule has 0 aromatic heterocycles. The fourth-order valence-electron chi connectivity index (χ4n) is 3.71. The van der Waals surface area contributed by atoms with E-state index in [2.05, 4.69) is 39.8 Å². The van der Waals surface area contributed by atoms with Crippen LogP contribution in [0.2, 0.25) is 5.31 Å². The number of ether oxygens (including phenoxy) is 1. The lowest BCUT2D eigenvalue weighted by atomic mass is 9.70. The second kappa shape index (κ2) is 6.26. The SMILES string of the molecule is [B]C(C)(C)CCOC(C)(C)CC1[C@H]2CC/C=C/CC[C@@H]12. The minimum Gasteiger partial charge on any atom is -0.376 e. The molecule has 0 saturated heterocycles. The van der Waals surface area contributed by atoms with Crippen molar-refractivity contribution in [3.63, 3.8) is 0 Å². The van der Waals surface area contributed by atoms with Gasteiger partial charge in [0.15, 0.2) is 0 Å². The second-order valence-corrected chi connectivity index (χ2v) is 8.17. The van der Waals surface area contributed by atoms with Crippen LogP contribution < -0.4 is 0 Å². The van der Waals surface area contributed by atoms with Gasteiger partial charge in [0.05, 0.1) is 13.4 Å². The third-order valence-corrected chi connectivity index (χ3v) is 4.98. The Bertz CT molecular complexity index is 324. The first-order chi connectivity index (χ1) is 9.29. The molecule has 1 saturated carbocycles. The fourth-order valence-corrected chi connectivity index (χ4v) is 3.71. The molecular formula is C18H31BO. The van der Waals surface area contributed by atoms with Crippen molar-refractivity contribution in [2.45, 2.75) is 77.1 Å². The van der Waals surface area contributed by atoms with Gasteiger partial charge in [-0.1, -0.05) is 31.3 Å². The van der Waals surface area contributed by atoms with E-state index in [4.69, 9.17) is 12.6 Å². The van der Waals surface area contributed by atoms with E-state index in [9.17, 15) is 0 Å². The van der Waals surface area contributed by atoms with Gasteiger partial charge in [0.1, 0.15) is 0 Å². The van der Waals surface area contributed by atoms with E-state index in [1.807, 2.05) is 0 Å². The van der Waals surface area contributed by atoms with Crippen molar-refractivity contribution in [3.8, 4) is 0 Å². The maximum absolute atomic E-state index is 6.13. The molecule has 0 heterocycles. The molecule has 1 nitrogen and oxygen atoms in total. The molecule has 112 valence electrons. The minimum absolute atomic E-state index is 0.00436. The highest BCUT2D eigenvalue weighted by atomic mass is 16.5. The lowest BCUT2D eigenvalue weighted by molar-refractivity contribution is -0.0323. The van der Waals surface area contributed by atoms with Crippen LogP contribution in [0.1, 0.15) is 66.2 Å². The number of fused-ring (bicyclic) bond motifs is 1. The average Bonchev–Trinajstić information content (AvgIpc) is 2.84. The zero-order valence-corrected chi connectivity index (χ0v) is 13.8. The largest absolute Gasteiger partial charge is 0.376 e. The lowest BCUT2D eigenvalue weighted by Crippen LogP contribution is -2.27. The summed E-state index contributed by atoms with van der Waals surface area (Å²) < 4.78 is 6.13. The Morgan fingerprint density at radius 3 is 2.10 bits per heavy atom. The van der Waals surface area contributed by atoms with E-state index in [-0.39, 0.29) is 10.9 Å². The monoisotopic (exact) mass is 274 g/mol. The molecule has 0 aromatic carbocycles. The number of allylic oxidation sites excluding steroid dienone is 2. The van der Waals surface area contributed by atoms with Gasteiger partial charge in [-0.15, -0.1) is 0 Å². The van der Waals surface area contributed by atoms with Crippen LogP contribution >= 0.6 is 0 Å². The maximum Gasteiger partial charge on any atom is 0.0739 e. The van der Waals surface area contributed by atoms with Crippen LogP contribution in [0.4, 0.5) is 0 Å². The molecule has 0 N–H and O–H groups in total. The van der Waals surface area contributed by atoms with Crippen molar-refractivity contribution < 1.29 is 4.74 Å². The van der Waals surface area contributed by atoms with Gasteiger partial charge < -0.3 is 4.74 Å². The molecule has 1 fully saturated rings. The molecule has 0 aliphatic heterocycles. The van der Waals surface area contributed by atoms with Crippen molar-refractivity contribution in [3.05, 3.63) is 12.2 Å². The molecule has 3 atom stereocenters. The smallest absolute Gasteiger partial charge is 0.0739 e. The van der Waals surface area contributed by atoms with Gasteiger partial charge in [-0.2, -0.15) is 0 Å². The summed E-state index contributed by atoms with van der Waals surface area (Å²) >= 11 is 0. The molecule has 0 spiro atoms. The van der Waals surface area contributed by atoms with Crippen LogP contribution in [-0.4, -0.2) is 20.1 Å². The summed E-state index contributed by atoms with van der Waals surface area (Å²) in [5.41, 5.74) is 0.00436. The Hall–Kier alpha value is -0.235. The summed E-state index contributed by atoms with van der Waals surface area (Å²) in [7, 11) is 6.02. The van der Waals surface area contributed by atoms with E-state index in [0.29, 0.717) is 0 Å². The summed E-state index contributed by atoms with van der Waals surface area (Å²) in [5.74, 6) is 2.83. The normalized spacial score (nSPS) is 32.1. The van der Waals surface area contributed by atoms with E-state index in [1.54, 1.807) is 0 Å². The maximum atomic E-state index is 6.13. The molecule has 2 aliphatic rings. The summed E-state index contributed by atoms with van der Waals surface area (Å²) in [4.78, 5) is 0. The van der Waals surface area contributed by atoms with E-state index < -0.39 is 0 Å². The first-order valence-corrected chi connectivity index (χ1v) is 8.36. The van der Waals surface area contributed by atoms with E-state index >= 15 is 0 Å². The molecule has 2 aliphatic carbocycles. The number of hydrogen-bond acceptors (Lipinski definition) is 1. The zero-order chi connectivity index (χ0) is 14.8. The summed E-state index contributed by atoms with van der Waals surface area (Å²) in [6, 6.07) is 0. The van der Waals surface area contributed by atoms with Gasteiger partial charge in [-0.3, -0.25) is 0 Å². The van der Waals surface area contributed by atoms with Gasteiger partial charge in [0.2, 0.25) is 0 Å². The van der Waals surface area contributed by atoms with Crippen LogP contribution in [0.15, 0.2) is 12.2 Å². The summed E-state index contributed by atoms with van der Waals surface area (Å²) in [6.07, 6.45) is 12.2. The first-order valence-electron chi connectivity index (χ1n) is 8.36. The molecule has 1 unspecified atom stereocenters. The average molecular weight is 274 g/mol. The van der Waals surface area contributed by atoms with Gasteiger partial charge >= 0.3 is 0 Å². The van der Waals surface area contributed by atoms with Crippen LogP contribution in [0.5, 0.6) is 0 Å². The molecule has 20 heavy (non-hydrogen) atoms. The van der Waals surface area contributed by atoms with E-state index in [0.717, 1.165) is 30.8 Å². The summed E-state index contributed by atoms with van der Waals surface area (Å²) in [6.45, 7) is 9.42. The van der Waals surface area contributed by atoms with Crippen molar-refractivity contribution in [2.75, 3.05) is 6.61 Å². The molecular weight excluding hydrogens is 243 g/mol. The topological polar surface area (TPSA) is 9.23 Å². The highest BCUT2D eigenvalue weighted by Gasteiger charge is 2.50. The Kier molecular flexibility index (Phi) is 5.05.